The summed E-state index contributed by atoms with van der Waals surface area (Å²) in [4.78, 5) is 40.3. The second-order valence-electron chi connectivity index (χ2n) is 16.1. The van der Waals surface area contributed by atoms with Crippen LogP contribution in [0.1, 0.15) is 181 Å². The molecule has 10 nitrogen and oxygen atoms in total. The van der Waals surface area contributed by atoms with Gasteiger partial charge in [-0.1, -0.05) is 101 Å². The number of carbonyl (C=O) groups excluding carboxylic acids is 3. The van der Waals surface area contributed by atoms with Gasteiger partial charge in [-0.15, -0.1) is 0 Å². The van der Waals surface area contributed by atoms with E-state index in [9.17, 15) is 14.4 Å². The third kappa shape index (κ3) is 34.7. The minimum Gasteiger partial charge on any atom is -0.465 e. The summed E-state index contributed by atoms with van der Waals surface area (Å²) >= 11 is 0. The van der Waals surface area contributed by atoms with Crippen LogP contribution in [-0.4, -0.2) is 88.6 Å². The molecule has 0 aromatic heterocycles. The van der Waals surface area contributed by atoms with Crippen LogP contribution in [0.15, 0.2) is 48.6 Å². The van der Waals surface area contributed by atoms with Crippen molar-refractivity contribution in [1.29, 1.82) is 0 Å². The SMILES string of the molecule is CC/C=C\CCCCOC(CCC(=O)OCC(COC(=O)CCCCCCC/C=C\C/C=C\CCCCC)COC(=O)OCCC1CCCN1C)OCCCC/C=C\CC. The molecule has 1 aliphatic rings. The van der Waals surface area contributed by atoms with Crippen LogP contribution in [0.5, 0.6) is 0 Å². The number of allylic oxidation sites excluding steroid dienone is 8. The summed E-state index contributed by atoms with van der Waals surface area (Å²) in [6.45, 7) is 8.76. The molecule has 0 bridgehead atoms. The Hall–Kier alpha value is -2.95. The number of ether oxygens (including phenoxy) is 6. The molecule has 0 aromatic carbocycles. The molecule has 0 aliphatic carbocycles. The molecule has 1 rings (SSSR count). The molecule has 1 heterocycles. The lowest BCUT2D eigenvalue weighted by atomic mass is 10.1. The van der Waals surface area contributed by atoms with Crippen LogP contribution in [0.25, 0.3) is 0 Å². The number of hydrogen-bond donors (Lipinski definition) is 0. The van der Waals surface area contributed by atoms with Crippen molar-refractivity contribution in [3.05, 3.63) is 48.6 Å². The van der Waals surface area contributed by atoms with E-state index in [-0.39, 0.29) is 38.8 Å². The highest BCUT2D eigenvalue weighted by atomic mass is 16.7. The van der Waals surface area contributed by atoms with Crippen molar-refractivity contribution in [2.24, 2.45) is 5.92 Å². The molecule has 0 N–H and O–H groups in total. The summed E-state index contributed by atoms with van der Waals surface area (Å²) in [6.07, 6.45) is 40.6. The van der Waals surface area contributed by atoms with Gasteiger partial charge in [-0.2, -0.15) is 0 Å². The lowest BCUT2D eigenvalue weighted by Gasteiger charge is -2.20. The Morgan fingerprint density at radius 2 is 1.12 bits per heavy atom. The number of likely N-dealkylation sites (tertiary alicyclic amines) is 1. The van der Waals surface area contributed by atoms with Crippen LogP contribution in [0.4, 0.5) is 4.79 Å². The molecule has 1 aliphatic heterocycles. The van der Waals surface area contributed by atoms with Gasteiger partial charge in [-0.3, -0.25) is 9.59 Å². The summed E-state index contributed by atoms with van der Waals surface area (Å²) in [7, 11) is 2.09. The maximum Gasteiger partial charge on any atom is 0.508 e. The summed E-state index contributed by atoms with van der Waals surface area (Å²) in [5, 5.41) is 0. The molecule has 60 heavy (non-hydrogen) atoms. The summed E-state index contributed by atoms with van der Waals surface area (Å²) in [5.41, 5.74) is 0. The normalized spacial score (nSPS) is 15.3. The zero-order valence-electron chi connectivity index (χ0n) is 38.6. The highest BCUT2D eigenvalue weighted by Crippen LogP contribution is 2.18. The van der Waals surface area contributed by atoms with Crippen molar-refractivity contribution < 1.29 is 42.8 Å². The minimum atomic E-state index is -0.775. The van der Waals surface area contributed by atoms with Gasteiger partial charge in [0.1, 0.15) is 19.8 Å². The minimum absolute atomic E-state index is 0.0255. The standard InChI is InChI=1S/C50H87NO9/c1-5-8-11-14-17-18-19-20-21-22-23-24-25-26-29-34-47(52)58-42-45(44-60-50(54)57-41-37-46-33-32-38-51(46)4)43-59-48(53)35-36-49(55-39-30-27-15-12-9-6-2)56-40-31-28-16-13-10-7-3/h9-10,12-13,17-18,20-21,45-46,49H,5-8,11,14-16,19,22-44H2,1-4H3/b12-9-,13-10-,18-17-,21-20-. The molecule has 1 saturated heterocycles. The van der Waals surface area contributed by atoms with Gasteiger partial charge in [0.15, 0.2) is 6.29 Å². The van der Waals surface area contributed by atoms with Crippen LogP contribution in [0, 0.1) is 5.92 Å². The molecule has 346 valence electrons. The van der Waals surface area contributed by atoms with Gasteiger partial charge in [-0.05, 0) is 123 Å². The molecule has 0 radical (unpaired) electrons. The Morgan fingerprint density at radius 3 is 1.70 bits per heavy atom. The summed E-state index contributed by atoms with van der Waals surface area (Å²) in [5.74, 6) is -1.24. The first-order chi connectivity index (χ1) is 29.4. The van der Waals surface area contributed by atoms with Gasteiger partial charge < -0.3 is 33.3 Å². The highest BCUT2D eigenvalue weighted by Gasteiger charge is 2.22. The first-order valence-electron chi connectivity index (χ1n) is 24.0. The van der Waals surface area contributed by atoms with E-state index in [2.05, 4.69) is 81.3 Å². The second kappa shape index (κ2) is 41.4. The van der Waals surface area contributed by atoms with Gasteiger partial charge in [0.25, 0.3) is 0 Å². The smallest absolute Gasteiger partial charge is 0.465 e. The van der Waals surface area contributed by atoms with Crippen molar-refractivity contribution in [1.82, 2.24) is 4.90 Å². The maximum absolute atomic E-state index is 12.9. The Morgan fingerprint density at radius 1 is 0.583 bits per heavy atom. The monoisotopic (exact) mass is 846 g/mol. The fourth-order valence-corrected chi connectivity index (χ4v) is 6.82. The molecule has 0 spiro atoms. The number of esters is 2. The van der Waals surface area contributed by atoms with Crippen LogP contribution >= 0.6 is 0 Å². The lowest BCUT2D eigenvalue weighted by molar-refractivity contribution is -0.161. The Balaban J connectivity index is 2.53. The van der Waals surface area contributed by atoms with E-state index < -0.39 is 24.3 Å². The van der Waals surface area contributed by atoms with E-state index in [0.29, 0.717) is 32.1 Å². The predicted octanol–water partition coefficient (Wildman–Crippen LogP) is 12.6. The Bertz CT molecular complexity index is 1130. The van der Waals surface area contributed by atoms with Gasteiger partial charge in [0, 0.05) is 32.1 Å². The van der Waals surface area contributed by atoms with Crippen LogP contribution in [0.2, 0.25) is 0 Å². The lowest BCUT2D eigenvalue weighted by Crippen LogP contribution is -2.28. The van der Waals surface area contributed by atoms with Gasteiger partial charge in [-0.25, -0.2) is 4.79 Å². The van der Waals surface area contributed by atoms with Crippen molar-refractivity contribution in [2.45, 2.75) is 194 Å². The molecule has 0 saturated carbocycles. The number of nitrogens with zero attached hydrogens (tertiary/aromatic N) is 1. The Kier molecular flexibility index (Phi) is 38.0. The van der Waals surface area contributed by atoms with Crippen molar-refractivity contribution in [3.63, 3.8) is 0 Å². The van der Waals surface area contributed by atoms with Crippen LogP contribution in [-0.2, 0) is 38.0 Å². The van der Waals surface area contributed by atoms with Crippen LogP contribution in [0.3, 0.4) is 0 Å². The number of unbranched alkanes of at least 4 members (excludes halogenated alkanes) is 12. The zero-order chi connectivity index (χ0) is 43.6. The molecule has 0 aromatic rings. The van der Waals surface area contributed by atoms with Crippen molar-refractivity contribution in [3.8, 4) is 0 Å². The average Bonchev–Trinajstić information content (AvgIpc) is 3.66. The van der Waals surface area contributed by atoms with Crippen molar-refractivity contribution >= 4 is 18.1 Å². The number of hydrogen-bond acceptors (Lipinski definition) is 10. The van der Waals surface area contributed by atoms with E-state index in [1.165, 1.54) is 25.7 Å². The quantitative estimate of drug-likeness (QED) is 0.0194. The Labute approximate surface area is 366 Å². The first kappa shape index (κ1) is 55.1. The largest absolute Gasteiger partial charge is 0.508 e. The number of rotatable bonds is 40. The van der Waals surface area contributed by atoms with Crippen LogP contribution < -0.4 is 0 Å². The molecular formula is C50H87NO9. The maximum atomic E-state index is 12.9. The first-order valence-corrected chi connectivity index (χ1v) is 24.0. The number of carbonyl (C=O) groups is 3. The van der Waals surface area contributed by atoms with E-state index >= 15 is 0 Å². The second-order valence-corrected chi connectivity index (χ2v) is 16.1. The van der Waals surface area contributed by atoms with E-state index in [1.807, 2.05) is 0 Å². The molecule has 2 unspecified atom stereocenters. The highest BCUT2D eigenvalue weighted by molar-refractivity contribution is 5.69. The van der Waals surface area contributed by atoms with Gasteiger partial charge in [0.05, 0.1) is 18.9 Å². The zero-order valence-corrected chi connectivity index (χ0v) is 38.6. The third-order valence-electron chi connectivity index (χ3n) is 10.6. The van der Waals surface area contributed by atoms with Gasteiger partial charge in [0.2, 0.25) is 0 Å². The topological polar surface area (TPSA) is 110 Å². The molecule has 0 amide bonds. The molecular weight excluding hydrogens is 759 g/mol. The molecule has 10 heteroatoms. The van der Waals surface area contributed by atoms with E-state index in [1.54, 1.807) is 0 Å². The summed E-state index contributed by atoms with van der Waals surface area (Å²) in [6, 6.07) is 0.403. The van der Waals surface area contributed by atoms with Gasteiger partial charge >= 0.3 is 18.1 Å². The average molecular weight is 846 g/mol. The van der Waals surface area contributed by atoms with Crippen molar-refractivity contribution in [2.75, 3.05) is 53.2 Å². The van der Waals surface area contributed by atoms with E-state index in [0.717, 1.165) is 122 Å². The fourth-order valence-electron chi connectivity index (χ4n) is 6.82. The summed E-state index contributed by atoms with van der Waals surface area (Å²) < 4.78 is 34.1. The van der Waals surface area contributed by atoms with E-state index in [4.69, 9.17) is 28.4 Å². The molecule has 2 atom stereocenters. The fraction of sp³-hybridized carbons (Fsp3) is 0.780. The third-order valence-corrected chi connectivity index (χ3v) is 10.6. The molecule has 1 fully saturated rings. The predicted molar refractivity (Wildman–Crippen MR) is 244 cm³/mol.